The minimum atomic E-state index is 0. The Labute approximate surface area is 209 Å². The summed E-state index contributed by atoms with van der Waals surface area (Å²) in [6, 6.07) is 10.8. The van der Waals surface area contributed by atoms with Crippen LogP contribution in [-0.2, 0) is 13.1 Å². The van der Waals surface area contributed by atoms with Crippen molar-refractivity contribution >= 4 is 35.9 Å². The van der Waals surface area contributed by atoms with E-state index in [1.165, 1.54) is 37.1 Å². The minimum Gasteiger partial charge on any atom is -0.352 e. The molecule has 1 aromatic carbocycles. The molecule has 3 heterocycles. The summed E-state index contributed by atoms with van der Waals surface area (Å²) < 4.78 is 0. The first-order chi connectivity index (χ1) is 15.2. The van der Waals surface area contributed by atoms with Crippen LogP contribution in [0.15, 0.2) is 47.7 Å². The molecule has 0 radical (unpaired) electrons. The largest absolute Gasteiger partial charge is 0.352 e. The van der Waals surface area contributed by atoms with Crippen LogP contribution < -0.4 is 10.2 Å². The van der Waals surface area contributed by atoms with E-state index in [2.05, 4.69) is 66.2 Å². The number of aliphatic imine (C=N–C) groups is 1. The maximum atomic E-state index is 4.52. The topological polar surface area (TPSA) is 59.9 Å². The molecule has 4 rings (SSSR count). The number of aromatic nitrogens is 2. The van der Waals surface area contributed by atoms with Crippen molar-refractivity contribution in [2.75, 3.05) is 51.2 Å². The first kappa shape index (κ1) is 24.7. The van der Waals surface area contributed by atoms with E-state index in [-0.39, 0.29) is 24.0 Å². The molecule has 2 aromatic rings. The second-order valence-corrected chi connectivity index (χ2v) is 8.70. The average Bonchev–Trinajstić information content (AvgIpc) is 2.82. The van der Waals surface area contributed by atoms with Crippen LogP contribution >= 0.6 is 24.0 Å². The summed E-state index contributed by atoms with van der Waals surface area (Å²) in [5.74, 6) is 2.65. The van der Waals surface area contributed by atoms with Gasteiger partial charge in [0.25, 0.3) is 0 Å². The van der Waals surface area contributed by atoms with E-state index in [0.29, 0.717) is 0 Å². The van der Waals surface area contributed by atoms with Crippen molar-refractivity contribution in [2.45, 2.75) is 32.9 Å². The van der Waals surface area contributed by atoms with Crippen molar-refractivity contribution in [3.63, 3.8) is 0 Å². The zero-order valence-electron chi connectivity index (χ0n) is 19.3. The summed E-state index contributed by atoms with van der Waals surface area (Å²) in [7, 11) is 1.86. The Morgan fingerprint density at radius 1 is 1.00 bits per heavy atom. The Kier molecular flexibility index (Phi) is 9.52. The Bertz CT molecular complexity index is 844. The van der Waals surface area contributed by atoms with Crippen LogP contribution in [0, 0.1) is 5.92 Å². The quantitative estimate of drug-likeness (QED) is 0.351. The van der Waals surface area contributed by atoms with Crippen molar-refractivity contribution in [3.05, 3.63) is 53.9 Å². The number of guanidine groups is 1. The van der Waals surface area contributed by atoms with E-state index in [1.54, 1.807) is 12.4 Å². The van der Waals surface area contributed by atoms with Crippen LogP contribution in [0.25, 0.3) is 0 Å². The summed E-state index contributed by atoms with van der Waals surface area (Å²) in [6.07, 6.45) is 6.24. The third-order valence-electron chi connectivity index (χ3n) is 6.35. The highest BCUT2D eigenvalue weighted by Gasteiger charge is 2.21. The van der Waals surface area contributed by atoms with E-state index in [1.807, 2.05) is 13.1 Å². The fraction of sp³-hybridized carbons (Fsp3) is 0.542. The molecule has 0 atom stereocenters. The molecule has 1 aromatic heterocycles. The Morgan fingerprint density at radius 2 is 1.69 bits per heavy atom. The molecule has 2 aliphatic rings. The van der Waals surface area contributed by atoms with Crippen LogP contribution in [0.4, 0.5) is 5.95 Å². The monoisotopic (exact) mass is 549 g/mol. The molecule has 0 amide bonds. The lowest BCUT2D eigenvalue weighted by molar-refractivity contribution is 0.185. The molecule has 2 saturated heterocycles. The average molecular weight is 550 g/mol. The van der Waals surface area contributed by atoms with Gasteiger partial charge in [0.1, 0.15) is 0 Å². The number of piperazine rings is 1. The van der Waals surface area contributed by atoms with E-state index >= 15 is 0 Å². The van der Waals surface area contributed by atoms with Gasteiger partial charge in [0.15, 0.2) is 5.96 Å². The molecule has 32 heavy (non-hydrogen) atoms. The van der Waals surface area contributed by atoms with Crippen LogP contribution in [0.5, 0.6) is 0 Å². The van der Waals surface area contributed by atoms with Crippen molar-refractivity contribution in [1.29, 1.82) is 0 Å². The second-order valence-electron chi connectivity index (χ2n) is 8.70. The molecule has 174 valence electrons. The van der Waals surface area contributed by atoms with E-state index in [9.17, 15) is 0 Å². The molecule has 1 N–H and O–H groups in total. The maximum absolute atomic E-state index is 4.52. The van der Waals surface area contributed by atoms with Crippen LogP contribution in [0.2, 0.25) is 0 Å². The highest BCUT2D eigenvalue weighted by molar-refractivity contribution is 14.0. The summed E-state index contributed by atoms with van der Waals surface area (Å²) in [5, 5.41) is 3.56. The highest BCUT2D eigenvalue weighted by Crippen LogP contribution is 2.18. The number of piperidine rings is 1. The van der Waals surface area contributed by atoms with Crippen molar-refractivity contribution in [3.8, 4) is 0 Å². The zero-order chi connectivity index (χ0) is 21.5. The summed E-state index contributed by atoms with van der Waals surface area (Å²) >= 11 is 0. The van der Waals surface area contributed by atoms with E-state index in [0.717, 1.165) is 57.1 Å². The summed E-state index contributed by atoms with van der Waals surface area (Å²) in [5.41, 5.74) is 2.71. The third kappa shape index (κ3) is 6.78. The molecule has 2 aliphatic heterocycles. The molecular weight excluding hydrogens is 513 g/mol. The smallest absolute Gasteiger partial charge is 0.225 e. The van der Waals surface area contributed by atoms with Gasteiger partial charge < -0.3 is 15.1 Å². The van der Waals surface area contributed by atoms with Gasteiger partial charge in [-0.1, -0.05) is 31.2 Å². The predicted octanol–water partition coefficient (Wildman–Crippen LogP) is 3.22. The summed E-state index contributed by atoms with van der Waals surface area (Å²) in [4.78, 5) is 20.4. The van der Waals surface area contributed by atoms with Gasteiger partial charge in [0, 0.05) is 58.7 Å². The molecule has 0 spiro atoms. The third-order valence-corrected chi connectivity index (χ3v) is 6.35. The second kappa shape index (κ2) is 12.3. The Morgan fingerprint density at radius 3 is 2.38 bits per heavy atom. The molecular formula is C24H36IN7. The first-order valence-corrected chi connectivity index (χ1v) is 11.5. The maximum Gasteiger partial charge on any atom is 0.225 e. The zero-order valence-corrected chi connectivity index (χ0v) is 21.6. The normalized spacial score (nSPS) is 18.4. The minimum absolute atomic E-state index is 0. The van der Waals surface area contributed by atoms with Gasteiger partial charge >= 0.3 is 0 Å². The number of hydrogen-bond acceptors (Lipinski definition) is 5. The van der Waals surface area contributed by atoms with Crippen LogP contribution in [0.3, 0.4) is 0 Å². The van der Waals surface area contributed by atoms with Crippen LogP contribution in [0.1, 0.15) is 30.9 Å². The SMILES string of the molecule is CN=C(NCc1cccc(CN2CCC(C)CC2)c1)N1CCN(c2ncccn2)CC1.I. The lowest BCUT2D eigenvalue weighted by Crippen LogP contribution is -2.52. The summed E-state index contributed by atoms with van der Waals surface area (Å²) in [6.45, 7) is 10.3. The molecule has 2 fully saturated rings. The van der Waals surface area contributed by atoms with Crippen molar-refractivity contribution in [2.24, 2.45) is 10.9 Å². The number of benzene rings is 1. The van der Waals surface area contributed by atoms with Gasteiger partial charge in [-0.15, -0.1) is 24.0 Å². The number of nitrogens with zero attached hydrogens (tertiary/aromatic N) is 6. The number of anilines is 1. The molecule has 0 saturated carbocycles. The molecule has 0 unspecified atom stereocenters. The lowest BCUT2D eigenvalue weighted by atomic mass is 9.98. The van der Waals surface area contributed by atoms with Crippen LogP contribution in [-0.4, -0.2) is 72.0 Å². The van der Waals surface area contributed by atoms with Gasteiger partial charge in [-0.2, -0.15) is 0 Å². The molecule has 0 aliphatic carbocycles. The first-order valence-electron chi connectivity index (χ1n) is 11.5. The molecule has 8 heteroatoms. The number of nitrogens with one attached hydrogen (secondary N) is 1. The van der Waals surface area contributed by atoms with Gasteiger partial charge in [-0.05, 0) is 49.0 Å². The highest BCUT2D eigenvalue weighted by atomic mass is 127. The van der Waals surface area contributed by atoms with Gasteiger partial charge in [-0.25, -0.2) is 9.97 Å². The van der Waals surface area contributed by atoms with E-state index < -0.39 is 0 Å². The van der Waals surface area contributed by atoms with Crippen molar-refractivity contribution in [1.82, 2.24) is 25.1 Å². The predicted molar refractivity (Wildman–Crippen MR) is 142 cm³/mol. The standard InChI is InChI=1S/C24H35N7.HI/c1-20-7-11-29(12-8-20)19-22-6-3-5-21(17-22)18-28-23(25-2)30-13-15-31(16-14-30)24-26-9-4-10-27-24;/h3-6,9-10,17,20H,7-8,11-16,18-19H2,1-2H3,(H,25,28);1H. The van der Waals surface area contributed by atoms with Crippen molar-refractivity contribution < 1.29 is 0 Å². The van der Waals surface area contributed by atoms with E-state index in [4.69, 9.17) is 0 Å². The van der Waals surface area contributed by atoms with Gasteiger partial charge in [0.05, 0.1) is 0 Å². The fourth-order valence-corrected chi connectivity index (χ4v) is 4.40. The fourth-order valence-electron chi connectivity index (χ4n) is 4.40. The number of halogens is 1. The Hall–Kier alpha value is -1.94. The lowest BCUT2D eigenvalue weighted by Gasteiger charge is -2.36. The number of likely N-dealkylation sites (tertiary alicyclic amines) is 1. The van der Waals surface area contributed by atoms with Gasteiger partial charge in [-0.3, -0.25) is 9.89 Å². The number of hydrogen-bond donors (Lipinski definition) is 1. The molecule has 0 bridgehead atoms. The number of rotatable bonds is 5. The molecule has 7 nitrogen and oxygen atoms in total. The Balaban J connectivity index is 0.00000289. The van der Waals surface area contributed by atoms with Gasteiger partial charge in [0.2, 0.25) is 5.95 Å².